The number of benzene rings is 1. The highest BCUT2D eigenvalue weighted by molar-refractivity contribution is 7.09. The maximum Gasteiger partial charge on any atom is 0.162 e. The van der Waals surface area contributed by atoms with Gasteiger partial charge in [0.1, 0.15) is 0 Å². The lowest BCUT2D eigenvalue weighted by atomic mass is 10.0. The molecule has 0 atom stereocenters. The third kappa shape index (κ3) is 3.53. The molecular weight excluding hydrogens is 228 g/mol. The van der Waals surface area contributed by atoms with E-state index in [2.05, 4.69) is 17.5 Å². The van der Waals surface area contributed by atoms with Crippen LogP contribution in [0.1, 0.15) is 33.6 Å². The number of hydrogen-bond acceptors (Lipinski definition) is 2. The molecule has 0 bridgehead atoms. The van der Waals surface area contributed by atoms with Gasteiger partial charge in [0.05, 0.1) is 0 Å². The van der Waals surface area contributed by atoms with E-state index in [1.807, 2.05) is 31.2 Å². The summed E-state index contributed by atoms with van der Waals surface area (Å²) in [5.74, 6) is 0.255. The van der Waals surface area contributed by atoms with Crippen molar-refractivity contribution < 1.29 is 4.79 Å². The lowest BCUT2D eigenvalue weighted by molar-refractivity contribution is 0.0980. The van der Waals surface area contributed by atoms with E-state index in [0.717, 1.165) is 24.0 Å². The first-order valence-electron chi connectivity index (χ1n) is 5.88. The summed E-state index contributed by atoms with van der Waals surface area (Å²) in [4.78, 5) is 13.3. The standard InChI is InChI=1S/C15H16OS/c1-12-5-2-6-13(11-12)15(16)9-3-7-14-8-4-10-17-14/h2,4-6,8,10-11H,3,7,9H2,1H3. The summed E-state index contributed by atoms with van der Waals surface area (Å²) in [6, 6.07) is 12.0. The molecule has 1 aromatic heterocycles. The van der Waals surface area contributed by atoms with Crippen molar-refractivity contribution in [1.29, 1.82) is 0 Å². The van der Waals surface area contributed by atoms with Crippen molar-refractivity contribution in [3.05, 3.63) is 57.8 Å². The van der Waals surface area contributed by atoms with Crippen LogP contribution >= 0.6 is 11.3 Å². The van der Waals surface area contributed by atoms with E-state index in [1.54, 1.807) is 11.3 Å². The molecule has 0 unspecified atom stereocenters. The lowest BCUT2D eigenvalue weighted by Crippen LogP contribution is -1.99. The summed E-state index contributed by atoms with van der Waals surface area (Å²) < 4.78 is 0. The first-order chi connectivity index (χ1) is 8.25. The van der Waals surface area contributed by atoms with Crippen molar-refractivity contribution in [3.8, 4) is 0 Å². The molecular formula is C15H16OS. The van der Waals surface area contributed by atoms with Gasteiger partial charge in [0.2, 0.25) is 0 Å². The van der Waals surface area contributed by atoms with Crippen LogP contribution in [-0.4, -0.2) is 5.78 Å². The minimum atomic E-state index is 0.255. The van der Waals surface area contributed by atoms with Gasteiger partial charge >= 0.3 is 0 Å². The second-order valence-corrected chi connectivity index (χ2v) is 5.26. The van der Waals surface area contributed by atoms with Gasteiger partial charge in [0.15, 0.2) is 5.78 Å². The van der Waals surface area contributed by atoms with Gasteiger partial charge in [-0.3, -0.25) is 4.79 Å². The fourth-order valence-electron chi connectivity index (χ4n) is 1.84. The lowest BCUT2D eigenvalue weighted by Gasteiger charge is -2.01. The number of ketones is 1. The Bertz CT molecular complexity index is 485. The van der Waals surface area contributed by atoms with Gasteiger partial charge in [-0.2, -0.15) is 0 Å². The molecule has 0 spiro atoms. The molecule has 2 aromatic rings. The van der Waals surface area contributed by atoms with Crippen molar-refractivity contribution in [1.82, 2.24) is 0 Å². The monoisotopic (exact) mass is 244 g/mol. The average molecular weight is 244 g/mol. The van der Waals surface area contributed by atoms with Crippen LogP contribution in [0.5, 0.6) is 0 Å². The van der Waals surface area contributed by atoms with Crippen LogP contribution in [0.3, 0.4) is 0 Å². The number of carbonyl (C=O) groups excluding carboxylic acids is 1. The zero-order valence-corrected chi connectivity index (χ0v) is 10.8. The Hall–Kier alpha value is -1.41. The summed E-state index contributed by atoms with van der Waals surface area (Å²) in [5, 5.41) is 2.08. The number of Topliss-reactive ketones (excluding diaryl/α,β-unsaturated/α-hetero) is 1. The van der Waals surface area contributed by atoms with Gasteiger partial charge in [0, 0.05) is 16.9 Å². The normalized spacial score (nSPS) is 10.4. The summed E-state index contributed by atoms with van der Waals surface area (Å²) in [6.07, 6.45) is 2.59. The summed E-state index contributed by atoms with van der Waals surface area (Å²) in [5.41, 5.74) is 1.99. The van der Waals surface area contributed by atoms with Gasteiger partial charge in [-0.05, 0) is 37.3 Å². The fraction of sp³-hybridized carbons (Fsp3) is 0.267. The molecule has 0 N–H and O–H groups in total. The number of thiophene rings is 1. The first kappa shape index (κ1) is 12.1. The molecule has 1 heterocycles. The highest BCUT2D eigenvalue weighted by Crippen LogP contribution is 2.14. The maximum absolute atomic E-state index is 11.9. The van der Waals surface area contributed by atoms with Crippen molar-refractivity contribution in [2.45, 2.75) is 26.2 Å². The van der Waals surface area contributed by atoms with E-state index in [-0.39, 0.29) is 5.78 Å². The Labute approximate surface area is 106 Å². The molecule has 0 aliphatic heterocycles. The zero-order valence-electron chi connectivity index (χ0n) is 9.98. The van der Waals surface area contributed by atoms with E-state index in [0.29, 0.717) is 6.42 Å². The van der Waals surface area contributed by atoms with Crippen LogP contribution in [-0.2, 0) is 6.42 Å². The number of rotatable bonds is 5. The predicted octanol–water partition coefficient (Wildman–Crippen LogP) is 4.26. The summed E-state index contributed by atoms with van der Waals surface area (Å²) in [7, 11) is 0. The van der Waals surface area contributed by atoms with E-state index in [9.17, 15) is 4.79 Å². The van der Waals surface area contributed by atoms with E-state index < -0.39 is 0 Å². The van der Waals surface area contributed by atoms with Gasteiger partial charge in [-0.1, -0.05) is 29.8 Å². The minimum Gasteiger partial charge on any atom is -0.294 e. The molecule has 0 radical (unpaired) electrons. The average Bonchev–Trinajstić information content (AvgIpc) is 2.82. The van der Waals surface area contributed by atoms with E-state index in [1.165, 1.54) is 4.88 Å². The van der Waals surface area contributed by atoms with E-state index in [4.69, 9.17) is 0 Å². The Balaban J connectivity index is 1.85. The van der Waals surface area contributed by atoms with E-state index >= 15 is 0 Å². The van der Waals surface area contributed by atoms with Crippen molar-refractivity contribution in [3.63, 3.8) is 0 Å². The molecule has 0 amide bonds. The molecule has 0 aliphatic carbocycles. The number of aryl methyl sites for hydroxylation is 2. The fourth-order valence-corrected chi connectivity index (χ4v) is 2.59. The first-order valence-corrected chi connectivity index (χ1v) is 6.76. The summed E-state index contributed by atoms with van der Waals surface area (Å²) >= 11 is 1.76. The highest BCUT2D eigenvalue weighted by atomic mass is 32.1. The molecule has 1 nitrogen and oxygen atoms in total. The van der Waals surface area contributed by atoms with Gasteiger partial charge in [0.25, 0.3) is 0 Å². The van der Waals surface area contributed by atoms with Crippen molar-refractivity contribution >= 4 is 17.1 Å². The molecule has 0 fully saturated rings. The second kappa shape index (κ2) is 5.78. The second-order valence-electron chi connectivity index (χ2n) is 4.23. The molecule has 0 aliphatic rings. The summed E-state index contributed by atoms with van der Waals surface area (Å²) in [6.45, 7) is 2.02. The van der Waals surface area contributed by atoms with Gasteiger partial charge < -0.3 is 0 Å². The molecule has 0 saturated carbocycles. The topological polar surface area (TPSA) is 17.1 Å². The van der Waals surface area contributed by atoms with Crippen LogP contribution in [0, 0.1) is 6.92 Å². The van der Waals surface area contributed by atoms with Crippen molar-refractivity contribution in [2.75, 3.05) is 0 Å². The quantitative estimate of drug-likeness (QED) is 0.718. The Morgan fingerprint density at radius 1 is 1.24 bits per heavy atom. The molecule has 1 aromatic carbocycles. The minimum absolute atomic E-state index is 0.255. The molecule has 0 saturated heterocycles. The molecule has 2 heteroatoms. The molecule has 2 rings (SSSR count). The Morgan fingerprint density at radius 3 is 2.82 bits per heavy atom. The molecule has 17 heavy (non-hydrogen) atoms. The van der Waals surface area contributed by atoms with Crippen LogP contribution < -0.4 is 0 Å². The largest absolute Gasteiger partial charge is 0.294 e. The highest BCUT2D eigenvalue weighted by Gasteiger charge is 2.05. The van der Waals surface area contributed by atoms with Crippen molar-refractivity contribution in [2.24, 2.45) is 0 Å². The zero-order chi connectivity index (χ0) is 12.1. The van der Waals surface area contributed by atoms with Gasteiger partial charge in [-0.15, -0.1) is 11.3 Å². The third-order valence-electron chi connectivity index (χ3n) is 2.75. The van der Waals surface area contributed by atoms with Crippen LogP contribution in [0.25, 0.3) is 0 Å². The SMILES string of the molecule is Cc1cccc(C(=O)CCCc2cccs2)c1. The molecule has 88 valence electrons. The Kier molecular flexibility index (Phi) is 4.10. The Morgan fingerprint density at radius 2 is 2.12 bits per heavy atom. The smallest absolute Gasteiger partial charge is 0.162 e. The third-order valence-corrected chi connectivity index (χ3v) is 3.68. The number of hydrogen-bond donors (Lipinski definition) is 0. The van der Waals surface area contributed by atoms with Gasteiger partial charge in [-0.25, -0.2) is 0 Å². The van der Waals surface area contributed by atoms with Crippen LogP contribution in [0.15, 0.2) is 41.8 Å². The van der Waals surface area contributed by atoms with Crippen LogP contribution in [0.2, 0.25) is 0 Å². The predicted molar refractivity (Wildman–Crippen MR) is 72.8 cm³/mol. The number of carbonyl (C=O) groups is 1. The van der Waals surface area contributed by atoms with Crippen LogP contribution in [0.4, 0.5) is 0 Å². The maximum atomic E-state index is 11.9.